The lowest BCUT2D eigenvalue weighted by molar-refractivity contribution is -0.121. The molecule has 1 amide bonds. The first-order valence-corrected chi connectivity index (χ1v) is 7.20. The van der Waals surface area contributed by atoms with Gasteiger partial charge >= 0.3 is 0 Å². The maximum atomic E-state index is 11.8. The van der Waals surface area contributed by atoms with Crippen molar-refractivity contribution in [2.75, 3.05) is 0 Å². The Hall–Kier alpha value is -2.54. The van der Waals surface area contributed by atoms with Gasteiger partial charge in [0.05, 0.1) is 11.7 Å². The summed E-state index contributed by atoms with van der Waals surface area (Å²) in [6.45, 7) is 2.11. The minimum absolute atomic E-state index is 0.0846. The number of hydrazone groups is 1. The van der Waals surface area contributed by atoms with Crippen LogP contribution < -0.4 is 5.43 Å². The van der Waals surface area contributed by atoms with E-state index in [9.17, 15) is 4.79 Å². The Kier molecular flexibility index (Phi) is 3.74. The zero-order chi connectivity index (χ0) is 14.7. The molecule has 0 aliphatic heterocycles. The van der Waals surface area contributed by atoms with Crippen molar-refractivity contribution >= 4 is 34.5 Å². The molecule has 0 spiro atoms. The summed E-state index contributed by atoms with van der Waals surface area (Å²) < 4.78 is 1.55. The number of rotatable bonds is 4. The zero-order valence-corrected chi connectivity index (χ0v) is 12.2. The number of fused-ring (bicyclic) bond motifs is 1. The van der Waals surface area contributed by atoms with E-state index in [0.717, 1.165) is 15.9 Å². The zero-order valence-electron chi connectivity index (χ0n) is 11.4. The van der Waals surface area contributed by atoms with E-state index in [1.54, 1.807) is 22.2 Å². The molecule has 0 saturated heterocycles. The van der Waals surface area contributed by atoms with Crippen LogP contribution in [-0.4, -0.2) is 27.1 Å². The van der Waals surface area contributed by atoms with Crippen LogP contribution >= 0.6 is 11.3 Å². The molecular formula is C14H13N5OS. The number of benzene rings is 1. The lowest BCUT2D eigenvalue weighted by Gasteiger charge is -2.00. The lowest BCUT2D eigenvalue weighted by atomic mass is 10.3. The molecule has 2 heterocycles. The number of hydrogen-bond acceptors (Lipinski definition) is 5. The van der Waals surface area contributed by atoms with Gasteiger partial charge in [0, 0.05) is 9.75 Å². The first-order valence-electron chi connectivity index (χ1n) is 6.39. The van der Waals surface area contributed by atoms with E-state index in [1.807, 2.05) is 43.3 Å². The van der Waals surface area contributed by atoms with Crippen molar-refractivity contribution in [2.45, 2.75) is 13.5 Å². The number of nitrogens with zero attached hydrogens (tertiary/aromatic N) is 4. The number of amides is 1. The molecule has 0 aliphatic carbocycles. The van der Waals surface area contributed by atoms with Crippen LogP contribution in [0.1, 0.15) is 9.75 Å². The van der Waals surface area contributed by atoms with Crippen molar-refractivity contribution in [3.05, 3.63) is 46.2 Å². The molecule has 0 radical (unpaired) electrons. The van der Waals surface area contributed by atoms with E-state index >= 15 is 0 Å². The van der Waals surface area contributed by atoms with Gasteiger partial charge in [-0.2, -0.15) is 5.10 Å². The van der Waals surface area contributed by atoms with Crippen LogP contribution in [-0.2, 0) is 11.3 Å². The molecule has 0 unspecified atom stereocenters. The summed E-state index contributed by atoms with van der Waals surface area (Å²) >= 11 is 1.62. The molecule has 3 aromatic rings. The molecule has 0 atom stereocenters. The molecular weight excluding hydrogens is 286 g/mol. The maximum Gasteiger partial charge on any atom is 0.261 e. The fourth-order valence-electron chi connectivity index (χ4n) is 1.90. The summed E-state index contributed by atoms with van der Waals surface area (Å²) in [5.41, 5.74) is 4.08. The van der Waals surface area contributed by atoms with Crippen molar-refractivity contribution < 1.29 is 4.79 Å². The van der Waals surface area contributed by atoms with Crippen LogP contribution in [0.5, 0.6) is 0 Å². The molecule has 106 valence electrons. The fourth-order valence-corrected chi connectivity index (χ4v) is 2.65. The van der Waals surface area contributed by atoms with Gasteiger partial charge in [-0.05, 0) is 31.2 Å². The highest BCUT2D eigenvalue weighted by Crippen LogP contribution is 2.12. The van der Waals surface area contributed by atoms with Crippen molar-refractivity contribution in [3.8, 4) is 0 Å². The predicted octanol–water partition coefficient (Wildman–Crippen LogP) is 1.95. The Morgan fingerprint density at radius 2 is 2.24 bits per heavy atom. The van der Waals surface area contributed by atoms with Crippen LogP contribution in [0.3, 0.4) is 0 Å². The first kappa shape index (κ1) is 13.4. The molecule has 7 heteroatoms. The quantitative estimate of drug-likeness (QED) is 0.591. The van der Waals surface area contributed by atoms with Gasteiger partial charge in [0.25, 0.3) is 5.91 Å². The Balaban J connectivity index is 1.63. The van der Waals surface area contributed by atoms with Gasteiger partial charge in [0.2, 0.25) is 0 Å². The number of para-hydroxylation sites is 1. The Morgan fingerprint density at radius 3 is 3.05 bits per heavy atom. The number of aromatic nitrogens is 3. The topological polar surface area (TPSA) is 72.2 Å². The maximum absolute atomic E-state index is 11.8. The van der Waals surface area contributed by atoms with Crippen molar-refractivity contribution in [1.29, 1.82) is 0 Å². The van der Waals surface area contributed by atoms with E-state index in [0.29, 0.717) is 0 Å². The fraction of sp³-hybridized carbons (Fsp3) is 0.143. The van der Waals surface area contributed by atoms with Crippen LogP contribution in [0.25, 0.3) is 11.0 Å². The second-order valence-corrected chi connectivity index (χ2v) is 5.80. The number of aryl methyl sites for hydroxylation is 1. The Labute approximate surface area is 125 Å². The van der Waals surface area contributed by atoms with E-state index in [1.165, 1.54) is 4.88 Å². The molecule has 0 aliphatic rings. The van der Waals surface area contributed by atoms with Crippen LogP contribution in [0, 0.1) is 6.92 Å². The normalized spacial score (nSPS) is 11.3. The highest BCUT2D eigenvalue weighted by Gasteiger charge is 2.07. The van der Waals surface area contributed by atoms with E-state index in [2.05, 4.69) is 20.8 Å². The number of carbonyl (C=O) groups is 1. The highest BCUT2D eigenvalue weighted by atomic mass is 32.1. The van der Waals surface area contributed by atoms with Gasteiger partial charge in [-0.3, -0.25) is 4.79 Å². The largest absolute Gasteiger partial charge is 0.271 e. The second kappa shape index (κ2) is 5.84. The van der Waals surface area contributed by atoms with Crippen LogP contribution in [0.15, 0.2) is 41.5 Å². The number of carbonyl (C=O) groups excluding carboxylic acids is 1. The molecule has 6 nitrogen and oxygen atoms in total. The van der Waals surface area contributed by atoms with E-state index < -0.39 is 0 Å². The third-order valence-electron chi connectivity index (χ3n) is 2.86. The highest BCUT2D eigenvalue weighted by molar-refractivity contribution is 7.13. The summed E-state index contributed by atoms with van der Waals surface area (Å²) in [5, 5.41) is 11.9. The van der Waals surface area contributed by atoms with Crippen LogP contribution in [0.4, 0.5) is 0 Å². The smallest absolute Gasteiger partial charge is 0.261 e. The number of thiophene rings is 1. The van der Waals surface area contributed by atoms with E-state index in [4.69, 9.17) is 0 Å². The summed E-state index contributed by atoms with van der Waals surface area (Å²) in [5.74, 6) is -0.241. The predicted molar refractivity (Wildman–Crippen MR) is 82.3 cm³/mol. The lowest BCUT2D eigenvalue weighted by Crippen LogP contribution is -2.23. The molecule has 1 N–H and O–H groups in total. The van der Waals surface area contributed by atoms with Crippen LogP contribution in [0.2, 0.25) is 0 Å². The van der Waals surface area contributed by atoms with Gasteiger partial charge in [-0.15, -0.1) is 16.4 Å². The molecule has 0 saturated carbocycles. The Morgan fingerprint density at radius 1 is 1.38 bits per heavy atom. The molecule has 1 aromatic carbocycles. The average molecular weight is 299 g/mol. The van der Waals surface area contributed by atoms with E-state index in [-0.39, 0.29) is 12.5 Å². The average Bonchev–Trinajstić information content (AvgIpc) is 3.06. The van der Waals surface area contributed by atoms with Gasteiger partial charge in [-0.25, -0.2) is 10.1 Å². The van der Waals surface area contributed by atoms with Gasteiger partial charge < -0.3 is 0 Å². The van der Waals surface area contributed by atoms with Crippen molar-refractivity contribution in [1.82, 2.24) is 20.4 Å². The number of hydrogen-bond donors (Lipinski definition) is 1. The Bertz CT molecular complexity index is 804. The summed E-state index contributed by atoms with van der Waals surface area (Å²) in [4.78, 5) is 14.0. The minimum atomic E-state index is -0.241. The summed E-state index contributed by atoms with van der Waals surface area (Å²) in [7, 11) is 0. The minimum Gasteiger partial charge on any atom is -0.271 e. The number of nitrogens with one attached hydrogen (secondary N) is 1. The SMILES string of the molecule is Cc1ccc(/C=N/NC(=O)Cn2nnc3ccccc32)s1. The molecule has 0 bridgehead atoms. The standard InChI is InChI=1S/C14H13N5OS/c1-10-6-7-11(21-10)8-15-17-14(20)9-19-13-5-3-2-4-12(13)16-18-19/h2-8H,9H2,1H3,(H,17,20)/b15-8+. The summed E-state index contributed by atoms with van der Waals surface area (Å²) in [6, 6.07) is 11.5. The molecule has 2 aromatic heterocycles. The molecule has 21 heavy (non-hydrogen) atoms. The van der Waals surface area contributed by atoms with Crippen molar-refractivity contribution in [3.63, 3.8) is 0 Å². The first-order chi connectivity index (χ1) is 10.2. The van der Waals surface area contributed by atoms with Crippen molar-refractivity contribution in [2.24, 2.45) is 5.10 Å². The van der Waals surface area contributed by atoms with Gasteiger partial charge in [0.1, 0.15) is 12.1 Å². The molecule has 3 rings (SSSR count). The monoisotopic (exact) mass is 299 g/mol. The van der Waals surface area contributed by atoms with Gasteiger partial charge in [-0.1, -0.05) is 17.3 Å². The third-order valence-corrected chi connectivity index (χ3v) is 3.79. The molecule has 0 fully saturated rings. The van der Waals surface area contributed by atoms with Gasteiger partial charge in [0.15, 0.2) is 0 Å². The summed E-state index contributed by atoms with van der Waals surface area (Å²) in [6.07, 6.45) is 1.63. The second-order valence-electron chi connectivity index (χ2n) is 4.48. The third kappa shape index (κ3) is 3.14.